The number of nitrogens with zero attached hydrogens (tertiary/aromatic N) is 2. The smallest absolute Gasteiger partial charge is 0.226 e. The van der Waals surface area contributed by atoms with Crippen molar-refractivity contribution in [2.24, 2.45) is 5.73 Å². The van der Waals surface area contributed by atoms with Gasteiger partial charge in [0.05, 0.1) is 18.1 Å². The van der Waals surface area contributed by atoms with Crippen molar-refractivity contribution in [1.29, 1.82) is 0 Å². The first-order chi connectivity index (χ1) is 8.75. The molecule has 92 valence electrons. The Morgan fingerprint density at radius 2 is 1.89 bits per heavy atom. The highest BCUT2D eigenvalue weighted by Gasteiger charge is 2.11. The van der Waals surface area contributed by atoms with Crippen LogP contribution in [0.15, 0.2) is 49.1 Å². The van der Waals surface area contributed by atoms with Gasteiger partial charge in [-0.15, -0.1) is 0 Å². The molecule has 2 aromatic rings. The van der Waals surface area contributed by atoms with Crippen molar-refractivity contribution in [2.75, 3.05) is 5.32 Å². The monoisotopic (exact) mass is 242 g/mol. The molecule has 5 nitrogen and oxygen atoms in total. The third-order valence-electron chi connectivity index (χ3n) is 2.48. The van der Waals surface area contributed by atoms with E-state index in [-0.39, 0.29) is 18.4 Å². The highest BCUT2D eigenvalue weighted by atomic mass is 16.1. The van der Waals surface area contributed by atoms with E-state index in [2.05, 4.69) is 15.3 Å². The molecule has 0 bridgehead atoms. The number of nitrogens with one attached hydrogen (secondary N) is 1. The number of anilines is 1. The van der Waals surface area contributed by atoms with Gasteiger partial charge in [0.15, 0.2) is 0 Å². The number of amides is 1. The molecule has 1 aromatic carbocycles. The molecule has 0 spiro atoms. The molecule has 0 aliphatic heterocycles. The Morgan fingerprint density at radius 1 is 1.22 bits per heavy atom. The minimum atomic E-state index is -0.309. The molecule has 2 rings (SSSR count). The molecule has 0 saturated heterocycles. The topological polar surface area (TPSA) is 80.9 Å². The van der Waals surface area contributed by atoms with Gasteiger partial charge in [0.25, 0.3) is 0 Å². The first-order valence-electron chi connectivity index (χ1n) is 5.61. The summed E-state index contributed by atoms with van der Waals surface area (Å²) < 4.78 is 0. The lowest BCUT2D eigenvalue weighted by molar-refractivity contribution is -0.116. The summed E-state index contributed by atoms with van der Waals surface area (Å²) in [4.78, 5) is 19.4. The zero-order valence-electron chi connectivity index (χ0n) is 9.78. The molecular weight excluding hydrogens is 228 g/mol. The SMILES string of the molecule is NC(CC(=O)Nc1cncnc1)c1ccccc1. The molecule has 0 saturated carbocycles. The Kier molecular flexibility index (Phi) is 3.98. The van der Waals surface area contributed by atoms with Crippen LogP contribution in [0.4, 0.5) is 5.69 Å². The molecule has 0 aliphatic rings. The van der Waals surface area contributed by atoms with Crippen LogP contribution in [0, 0.1) is 0 Å². The maximum atomic E-state index is 11.7. The molecule has 18 heavy (non-hydrogen) atoms. The Bertz CT molecular complexity index is 501. The molecule has 0 aliphatic carbocycles. The summed E-state index contributed by atoms with van der Waals surface area (Å²) in [7, 11) is 0. The van der Waals surface area contributed by atoms with Gasteiger partial charge >= 0.3 is 0 Å². The summed E-state index contributed by atoms with van der Waals surface area (Å²) in [6, 6.07) is 9.22. The molecule has 0 fully saturated rings. The number of carbonyl (C=O) groups is 1. The third-order valence-corrected chi connectivity index (χ3v) is 2.48. The molecule has 1 heterocycles. The van der Waals surface area contributed by atoms with E-state index in [4.69, 9.17) is 5.73 Å². The molecule has 1 aromatic heterocycles. The number of benzene rings is 1. The van der Waals surface area contributed by atoms with Crippen LogP contribution in [0.2, 0.25) is 0 Å². The number of hydrogen-bond acceptors (Lipinski definition) is 4. The van der Waals surface area contributed by atoms with Crippen LogP contribution in [0.25, 0.3) is 0 Å². The van der Waals surface area contributed by atoms with E-state index in [9.17, 15) is 4.79 Å². The van der Waals surface area contributed by atoms with Gasteiger partial charge in [-0.25, -0.2) is 9.97 Å². The van der Waals surface area contributed by atoms with E-state index < -0.39 is 0 Å². The summed E-state index contributed by atoms with van der Waals surface area (Å²) in [6.07, 6.45) is 4.71. The van der Waals surface area contributed by atoms with Crippen molar-refractivity contribution in [3.63, 3.8) is 0 Å². The maximum Gasteiger partial charge on any atom is 0.226 e. The lowest BCUT2D eigenvalue weighted by atomic mass is 10.0. The fraction of sp³-hybridized carbons (Fsp3) is 0.154. The van der Waals surface area contributed by atoms with Gasteiger partial charge in [-0.2, -0.15) is 0 Å². The lowest BCUT2D eigenvalue weighted by Crippen LogP contribution is -2.20. The van der Waals surface area contributed by atoms with E-state index in [0.717, 1.165) is 5.56 Å². The van der Waals surface area contributed by atoms with Gasteiger partial charge in [-0.3, -0.25) is 4.79 Å². The summed E-state index contributed by atoms with van der Waals surface area (Å²) >= 11 is 0. The minimum absolute atomic E-state index is 0.152. The molecular formula is C13H14N4O. The van der Waals surface area contributed by atoms with E-state index >= 15 is 0 Å². The zero-order valence-corrected chi connectivity index (χ0v) is 9.78. The van der Waals surface area contributed by atoms with Gasteiger partial charge < -0.3 is 11.1 Å². The van der Waals surface area contributed by atoms with E-state index in [1.165, 1.54) is 6.33 Å². The zero-order chi connectivity index (χ0) is 12.8. The normalized spacial score (nSPS) is 11.8. The fourth-order valence-corrected chi connectivity index (χ4v) is 1.59. The number of carbonyl (C=O) groups excluding carboxylic acids is 1. The summed E-state index contributed by atoms with van der Waals surface area (Å²) in [5, 5.41) is 2.70. The Balaban J connectivity index is 1.92. The highest BCUT2D eigenvalue weighted by molar-refractivity contribution is 5.90. The van der Waals surface area contributed by atoms with Crippen molar-refractivity contribution in [3.8, 4) is 0 Å². The first-order valence-corrected chi connectivity index (χ1v) is 5.61. The maximum absolute atomic E-state index is 11.7. The van der Waals surface area contributed by atoms with Gasteiger partial charge in [0.1, 0.15) is 6.33 Å². The highest BCUT2D eigenvalue weighted by Crippen LogP contribution is 2.14. The van der Waals surface area contributed by atoms with Crippen LogP contribution < -0.4 is 11.1 Å². The first kappa shape index (κ1) is 12.2. The van der Waals surface area contributed by atoms with Crippen molar-refractivity contribution in [2.45, 2.75) is 12.5 Å². The quantitative estimate of drug-likeness (QED) is 0.851. The van der Waals surface area contributed by atoms with Gasteiger partial charge in [0, 0.05) is 12.5 Å². The third kappa shape index (κ3) is 3.36. The van der Waals surface area contributed by atoms with Crippen LogP contribution in [0.1, 0.15) is 18.0 Å². The predicted molar refractivity (Wildman–Crippen MR) is 68.6 cm³/mol. The van der Waals surface area contributed by atoms with Crippen LogP contribution in [0.3, 0.4) is 0 Å². The van der Waals surface area contributed by atoms with E-state index in [1.54, 1.807) is 12.4 Å². The second-order valence-corrected chi connectivity index (χ2v) is 3.90. The molecule has 5 heteroatoms. The van der Waals surface area contributed by atoms with Crippen LogP contribution in [-0.4, -0.2) is 15.9 Å². The molecule has 1 atom stereocenters. The molecule has 1 amide bonds. The largest absolute Gasteiger partial charge is 0.324 e. The summed E-state index contributed by atoms with van der Waals surface area (Å²) in [5.74, 6) is -0.152. The molecule has 0 radical (unpaired) electrons. The van der Waals surface area contributed by atoms with E-state index in [0.29, 0.717) is 5.69 Å². The standard InChI is InChI=1S/C13H14N4O/c14-12(10-4-2-1-3-5-10)6-13(18)17-11-7-15-9-16-8-11/h1-5,7-9,12H,6,14H2,(H,17,18). The van der Waals surface area contributed by atoms with Crippen LogP contribution >= 0.6 is 0 Å². The fourth-order valence-electron chi connectivity index (χ4n) is 1.59. The van der Waals surface area contributed by atoms with Crippen molar-refractivity contribution in [3.05, 3.63) is 54.6 Å². The van der Waals surface area contributed by atoms with Gasteiger partial charge in [0.2, 0.25) is 5.91 Å². The second kappa shape index (κ2) is 5.88. The summed E-state index contributed by atoms with van der Waals surface area (Å²) in [6.45, 7) is 0. The Morgan fingerprint density at radius 3 is 2.56 bits per heavy atom. The molecule has 3 N–H and O–H groups in total. The van der Waals surface area contributed by atoms with Crippen molar-refractivity contribution >= 4 is 11.6 Å². The van der Waals surface area contributed by atoms with Crippen LogP contribution in [-0.2, 0) is 4.79 Å². The van der Waals surface area contributed by atoms with Gasteiger partial charge in [-0.05, 0) is 5.56 Å². The van der Waals surface area contributed by atoms with Crippen molar-refractivity contribution in [1.82, 2.24) is 9.97 Å². The Labute approximate surface area is 105 Å². The van der Waals surface area contributed by atoms with Gasteiger partial charge in [-0.1, -0.05) is 30.3 Å². The minimum Gasteiger partial charge on any atom is -0.324 e. The second-order valence-electron chi connectivity index (χ2n) is 3.90. The summed E-state index contributed by atoms with van der Waals surface area (Å²) in [5.41, 5.74) is 7.47. The molecule has 1 unspecified atom stereocenters. The average molecular weight is 242 g/mol. The number of aromatic nitrogens is 2. The lowest BCUT2D eigenvalue weighted by Gasteiger charge is -2.11. The van der Waals surface area contributed by atoms with Crippen LogP contribution in [0.5, 0.6) is 0 Å². The van der Waals surface area contributed by atoms with E-state index in [1.807, 2.05) is 30.3 Å². The predicted octanol–water partition coefficient (Wildman–Crippen LogP) is 1.51. The number of nitrogens with two attached hydrogens (primary N) is 1. The number of hydrogen-bond donors (Lipinski definition) is 2. The number of rotatable bonds is 4. The Hall–Kier alpha value is -2.27. The van der Waals surface area contributed by atoms with Crippen molar-refractivity contribution < 1.29 is 4.79 Å². The average Bonchev–Trinajstić information content (AvgIpc) is 2.40.